The lowest BCUT2D eigenvalue weighted by atomic mass is 10.1. The van der Waals surface area contributed by atoms with Gasteiger partial charge in [-0.15, -0.1) is 0 Å². The minimum atomic E-state index is -0.170. The van der Waals surface area contributed by atoms with Crippen molar-refractivity contribution in [3.63, 3.8) is 0 Å². The maximum Gasteiger partial charge on any atom is 0.0967 e. The van der Waals surface area contributed by atoms with Crippen LogP contribution < -0.4 is 0 Å². The van der Waals surface area contributed by atoms with Gasteiger partial charge in [0, 0.05) is 13.0 Å². The first-order valence-electron chi connectivity index (χ1n) is 3.41. The topological polar surface area (TPSA) is 58.9 Å². The largest absolute Gasteiger partial charge is 0.394 e. The molecule has 1 N–H and O–H groups in total. The summed E-state index contributed by atoms with van der Waals surface area (Å²) in [5.74, 6) is 0. The monoisotopic (exact) mass is 145 g/mol. The predicted molar refractivity (Wildman–Crippen MR) is 35.6 cm³/mol. The molecule has 0 amide bonds. The van der Waals surface area contributed by atoms with Gasteiger partial charge in [0.15, 0.2) is 0 Å². The lowest BCUT2D eigenvalue weighted by Crippen LogP contribution is -2.30. The summed E-state index contributed by atoms with van der Waals surface area (Å²) in [6.45, 7) is 0.535. The molecule has 1 aliphatic heterocycles. The van der Waals surface area contributed by atoms with Crippen LogP contribution in [0.5, 0.6) is 0 Å². The molecule has 0 aromatic carbocycles. The molecule has 1 aliphatic rings. The van der Waals surface area contributed by atoms with E-state index in [1.807, 2.05) is 0 Å². The van der Waals surface area contributed by atoms with Crippen molar-refractivity contribution < 1.29 is 9.84 Å². The van der Waals surface area contributed by atoms with Gasteiger partial charge in [0.2, 0.25) is 0 Å². The van der Waals surface area contributed by atoms with Gasteiger partial charge in [-0.3, -0.25) is 0 Å². The fourth-order valence-electron chi connectivity index (χ4n) is 1.08. The highest BCUT2D eigenvalue weighted by atomic mass is 16.5. The number of hydrogen-bond donors (Lipinski definition) is 1. The van der Waals surface area contributed by atoms with Crippen LogP contribution in [-0.4, -0.2) is 30.5 Å². The second-order valence-corrected chi connectivity index (χ2v) is 2.46. The Labute approximate surface area is 59.2 Å². The Morgan fingerprint density at radius 1 is 1.70 bits per heavy atom. The van der Waals surface area contributed by atoms with Crippen LogP contribution in [0.15, 0.2) is 5.18 Å². The van der Waals surface area contributed by atoms with Gasteiger partial charge in [-0.05, 0) is 6.42 Å². The Bertz CT molecular complexity index is 118. The number of hydrogen-bond acceptors (Lipinski definition) is 4. The molecule has 10 heavy (non-hydrogen) atoms. The molecule has 4 nitrogen and oxygen atoms in total. The van der Waals surface area contributed by atoms with Crippen LogP contribution in [0.25, 0.3) is 0 Å². The lowest BCUT2D eigenvalue weighted by Gasteiger charge is -2.23. The molecule has 2 atom stereocenters. The Morgan fingerprint density at radius 3 is 3.10 bits per heavy atom. The number of nitrogens with zero attached hydrogens (tertiary/aromatic N) is 1. The molecule has 0 aliphatic carbocycles. The van der Waals surface area contributed by atoms with Crippen LogP contribution >= 0.6 is 0 Å². The average molecular weight is 145 g/mol. The Morgan fingerprint density at radius 2 is 2.50 bits per heavy atom. The molecular weight excluding hydrogens is 134 g/mol. The quantitative estimate of drug-likeness (QED) is 0.568. The fourth-order valence-corrected chi connectivity index (χ4v) is 1.08. The van der Waals surface area contributed by atoms with Crippen LogP contribution in [0.1, 0.15) is 12.8 Å². The van der Waals surface area contributed by atoms with Gasteiger partial charge in [0.05, 0.1) is 18.8 Å². The van der Waals surface area contributed by atoms with Crippen molar-refractivity contribution in [2.24, 2.45) is 5.18 Å². The summed E-state index contributed by atoms with van der Waals surface area (Å²) in [6.07, 6.45) is 1.09. The van der Waals surface area contributed by atoms with E-state index in [-0.39, 0.29) is 18.8 Å². The third-order valence-corrected chi connectivity index (χ3v) is 1.69. The molecule has 0 radical (unpaired) electrons. The van der Waals surface area contributed by atoms with E-state index >= 15 is 0 Å². The van der Waals surface area contributed by atoms with Crippen molar-refractivity contribution in [3.05, 3.63) is 4.91 Å². The first-order valence-corrected chi connectivity index (χ1v) is 3.41. The van der Waals surface area contributed by atoms with Crippen LogP contribution in [-0.2, 0) is 4.74 Å². The number of aliphatic hydroxyl groups excluding tert-OH is 1. The van der Waals surface area contributed by atoms with Crippen molar-refractivity contribution in [1.29, 1.82) is 0 Å². The molecule has 1 rings (SSSR count). The fraction of sp³-hybridized carbons (Fsp3) is 1.00. The zero-order valence-corrected chi connectivity index (χ0v) is 5.69. The SMILES string of the molecule is O=N[C@H]1CCO[C@@H](CO)C1. The molecule has 0 bridgehead atoms. The third-order valence-electron chi connectivity index (χ3n) is 1.69. The van der Waals surface area contributed by atoms with E-state index in [1.54, 1.807) is 0 Å². The summed E-state index contributed by atoms with van der Waals surface area (Å²) in [7, 11) is 0. The molecule has 0 saturated carbocycles. The minimum Gasteiger partial charge on any atom is -0.394 e. The summed E-state index contributed by atoms with van der Waals surface area (Å²) < 4.78 is 5.11. The van der Waals surface area contributed by atoms with E-state index in [4.69, 9.17) is 9.84 Å². The summed E-state index contributed by atoms with van der Waals surface area (Å²) in [4.78, 5) is 10.0. The standard InChI is InChI=1S/C6H11NO3/c8-4-6-3-5(7-9)1-2-10-6/h5-6,8H,1-4H2/t5-,6+/m0/s1. The molecule has 1 fully saturated rings. The highest BCUT2D eigenvalue weighted by Crippen LogP contribution is 2.15. The maximum absolute atomic E-state index is 10.0. The molecule has 0 spiro atoms. The van der Waals surface area contributed by atoms with Gasteiger partial charge in [-0.2, -0.15) is 4.91 Å². The molecule has 1 saturated heterocycles. The number of rotatable bonds is 2. The summed E-state index contributed by atoms with van der Waals surface area (Å²) in [5, 5.41) is 11.5. The molecule has 58 valence electrons. The van der Waals surface area contributed by atoms with Crippen molar-refractivity contribution >= 4 is 0 Å². The lowest BCUT2D eigenvalue weighted by molar-refractivity contribution is -0.0236. The van der Waals surface area contributed by atoms with E-state index in [2.05, 4.69) is 5.18 Å². The van der Waals surface area contributed by atoms with Crippen molar-refractivity contribution in [3.8, 4) is 0 Å². The van der Waals surface area contributed by atoms with Crippen LogP contribution in [0.3, 0.4) is 0 Å². The average Bonchev–Trinajstić information content (AvgIpc) is 2.05. The minimum absolute atomic E-state index is 0.00792. The summed E-state index contributed by atoms with van der Waals surface area (Å²) >= 11 is 0. The number of aliphatic hydroxyl groups is 1. The molecule has 1 heterocycles. The molecule has 4 heteroatoms. The number of nitroso groups, excluding NO2 is 1. The Balaban J connectivity index is 2.31. The van der Waals surface area contributed by atoms with Crippen LogP contribution in [0.4, 0.5) is 0 Å². The smallest absolute Gasteiger partial charge is 0.0967 e. The number of ether oxygens (including phenoxy) is 1. The van der Waals surface area contributed by atoms with Crippen LogP contribution in [0, 0.1) is 4.91 Å². The maximum atomic E-state index is 10.0. The highest BCUT2D eigenvalue weighted by Gasteiger charge is 2.21. The van der Waals surface area contributed by atoms with Gasteiger partial charge in [0.25, 0.3) is 0 Å². The zero-order valence-electron chi connectivity index (χ0n) is 5.69. The van der Waals surface area contributed by atoms with Crippen molar-refractivity contribution in [1.82, 2.24) is 0 Å². The summed E-state index contributed by atoms with van der Waals surface area (Å²) in [5.41, 5.74) is 0. The Hall–Kier alpha value is -0.480. The summed E-state index contributed by atoms with van der Waals surface area (Å²) in [6, 6.07) is -0.147. The second-order valence-electron chi connectivity index (χ2n) is 2.46. The normalized spacial score (nSPS) is 33.7. The van der Waals surface area contributed by atoms with Gasteiger partial charge >= 0.3 is 0 Å². The van der Waals surface area contributed by atoms with Gasteiger partial charge < -0.3 is 9.84 Å². The van der Waals surface area contributed by atoms with Crippen molar-refractivity contribution in [2.75, 3.05) is 13.2 Å². The first kappa shape index (κ1) is 7.63. The van der Waals surface area contributed by atoms with Gasteiger partial charge in [0.1, 0.15) is 0 Å². The molecule has 0 unspecified atom stereocenters. The predicted octanol–water partition coefficient (Wildman–Crippen LogP) is 0.293. The molecule has 0 aromatic heterocycles. The third kappa shape index (κ3) is 1.75. The molecular formula is C6H11NO3. The van der Waals surface area contributed by atoms with Crippen LogP contribution in [0.2, 0.25) is 0 Å². The van der Waals surface area contributed by atoms with E-state index < -0.39 is 0 Å². The molecule has 0 aromatic rings. The Kier molecular flexibility index (Phi) is 2.77. The van der Waals surface area contributed by atoms with E-state index in [0.29, 0.717) is 19.4 Å². The van der Waals surface area contributed by atoms with Crippen molar-refractivity contribution in [2.45, 2.75) is 25.0 Å². The van der Waals surface area contributed by atoms with E-state index in [9.17, 15) is 4.91 Å². The van der Waals surface area contributed by atoms with E-state index in [0.717, 1.165) is 0 Å². The van der Waals surface area contributed by atoms with Gasteiger partial charge in [-0.25, -0.2) is 0 Å². The highest BCUT2D eigenvalue weighted by molar-refractivity contribution is 4.75. The second kappa shape index (κ2) is 3.63. The first-order chi connectivity index (χ1) is 4.86. The van der Waals surface area contributed by atoms with Gasteiger partial charge in [-0.1, -0.05) is 5.18 Å². The van der Waals surface area contributed by atoms with E-state index in [1.165, 1.54) is 0 Å². The zero-order chi connectivity index (χ0) is 7.40.